The highest BCUT2D eigenvalue weighted by Crippen LogP contribution is 2.31. The summed E-state index contributed by atoms with van der Waals surface area (Å²) in [5.41, 5.74) is 3.36. The van der Waals surface area contributed by atoms with Gasteiger partial charge in [-0.15, -0.1) is 0 Å². The number of Topliss-reactive ketones (excluding diaryl/α,β-unsaturated/α-hetero) is 1. The Kier molecular flexibility index (Phi) is 8.86. The molecule has 3 heterocycles. The van der Waals surface area contributed by atoms with Gasteiger partial charge in [-0.1, -0.05) is 41.9 Å². The van der Waals surface area contributed by atoms with E-state index in [0.717, 1.165) is 23.7 Å². The van der Waals surface area contributed by atoms with E-state index in [1.54, 1.807) is 73.1 Å². The number of ketones is 1. The molecule has 10 nitrogen and oxygen atoms in total. The van der Waals surface area contributed by atoms with Gasteiger partial charge < -0.3 is 19.9 Å². The van der Waals surface area contributed by atoms with E-state index in [0.29, 0.717) is 40.7 Å². The first-order chi connectivity index (χ1) is 21.9. The van der Waals surface area contributed by atoms with Crippen molar-refractivity contribution in [2.75, 3.05) is 48.0 Å². The number of hydrogen-bond donors (Lipinski definition) is 1. The van der Waals surface area contributed by atoms with Crippen molar-refractivity contribution < 1.29 is 23.9 Å². The molecule has 1 unspecified atom stereocenters. The van der Waals surface area contributed by atoms with Crippen LogP contribution in [-0.2, 0) is 25.7 Å². The average Bonchev–Trinajstić information content (AvgIpc) is 3.31. The van der Waals surface area contributed by atoms with Crippen LogP contribution in [0.2, 0.25) is 5.02 Å². The van der Waals surface area contributed by atoms with Crippen molar-refractivity contribution in [3.8, 4) is 0 Å². The Morgan fingerprint density at radius 2 is 1.67 bits per heavy atom. The Morgan fingerprint density at radius 3 is 2.38 bits per heavy atom. The third-order valence-electron chi connectivity index (χ3n) is 7.83. The molecule has 1 saturated heterocycles. The zero-order chi connectivity index (χ0) is 31.3. The Morgan fingerprint density at radius 1 is 0.933 bits per heavy atom. The van der Waals surface area contributed by atoms with Crippen molar-refractivity contribution in [1.29, 1.82) is 0 Å². The standard InChI is InChI=1S/C34H30ClN5O5/c35-25-9-7-24(8-10-25)31(33(43)37-26-11-13-27(14-12-26)38-16-18-45-19-17-38)40(21-23-4-3-15-36-20-23)30(41)22-39-29-6-2-1-5-28(29)32(42)34(39)44/h1-15,20,31H,16-19,21-22H2,(H,37,43). The number of halogens is 1. The molecule has 45 heavy (non-hydrogen) atoms. The number of amides is 3. The number of carbonyl (C=O) groups is 4. The van der Waals surface area contributed by atoms with Crippen LogP contribution >= 0.6 is 11.6 Å². The number of ether oxygens (including phenoxy) is 1. The van der Waals surface area contributed by atoms with Gasteiger partial charge in [-0.3, -0.25) is 29.1 Å². The first kappa shape index (κ1) is 30.0. The smallest absolute Gasteiger partial charge is 0.299 e. The zero-order valence-electron chi connectivity index (χ0n) is 24.3. The fourth-order valence-electron chi connectivity index (χ4n) is 5.55. The summed E-state index contributed by atoms with van der Waals surface area (Å²) in [7, 11) is 0. The van der Waals surface area contributed by atoms with Crippen LogP contribution in [0.4, 0.5) is 17.1 Å². The van der Waals surface area contributed by atoms with Gasteiger partial charge in [0, 0.05) is 48.4 Å². The van der Waals surface area contributed by atoms with Crippen LogP contribution in [0.3, 0.4) is 0 Å². The fourth-order valence-corrected chi connectivity index (χ4v) is 5.67. The van der Waals surface area contributed by atoms with Gasteiger partial charge in [-0.05, 0) is 65.7 Å². The van der Waals surface area contributed by atoms with Crippen molar-refractivity contribution in [2.24, 2.45) is 0 Å². The van der Waals surface area contributed by atoms with Gasteiger partial charge in [0.25, 0.3) is 17.6 Å². The van der Waals surface area contributed by atoms with Crippen molar-refractivity contribution >= 4 is 52.2 Å². The van der Waals surface area contributed by atoms with Crippen LogP contribution in [0, 0.1) is 0 Å². The Balaban J connectivity index is 1.32. The van der Waals surface area contributed by atoms with Crippen LogP contribution in [0.25, 0.3) is 0 Å². The first-order valence-corrected chi connectivity index (χ1v) is 14.9. The number of aromatic nitrogens is 1. The molecular formula is C34H30ClN5O5. The highest BCUT2D eigenvalue weighted by atomic mass is 35.5. The number of hydrogen-bond acceptors (Lipinski definition) is 7. The molecule has 11 heteroatoms. The molecular weight excluding hydrogens is 594 g/mol. The number of morpholine rings is 1. The molecule has 0 aliphatic carbocycles. The molecule has 3 aromatic carbocycles. The maximum atomic E-state index is 14.2. The van der Waals surface area contributed by atoms with Gasteiger partial charge in [0.15, 0.2) is 0 Å². The van der Waals surface area contributed by atoms with E-state index in [9.17, 15) is 19.2 Å². The summed E-state index contributed by atoms with van der Waals surface area (Å²) in [6.45, 7) is 2.46. The molecule has 1 fully saturated rings. The summed E-state index contributed by atoms with van der Waals surface area (Å²) < 4.78 is 5.45. The quantitative estimate of drug-likeness (QED) is 0.273. The normalized spacial score (nSPS) is 15.0. The number of pyridine rings is 1. The van der Waals surface area contributed by atoms with Crippen molar-refractivity contribution in [2.45, 2.75) is 12.6 Å². The SMILES string of the molecule is O=C1C(=O)N(CC(=O)N(Cc2cccnc2)C(C(=O)Nc2ccc(N3CCOCC3)cc2)c2ccc(Cl)cc2)c2ccccc21. The minimum absolute atomic E-state index is 0.0149. The number of rotatable bonds is 9. The first-order valence-electron chi connectivity index (χ1n) is 14.5. The van der Waals surface area contributed by atoms with Crippen LogP contribution in [0.1, 0.15) is 27.5 Å². The van der Waals surface area contributed by atoms with E-state index >= 15 is 0 Å². The summed E-state index contributed by atoms with van der Waals surface area (Å²) in [5, 5.41) is 3.44. The van der Waals surface area contributed by atoms with Crippen LogP contribution < -0.4 is 15.1 Å². The number of nitrogens with zero attached hydrogens (tertiary/aromatic N) is 4. The third-order valence-corrected chi connectivity index (χ3v) is 8.08. The van der Waals surface area contributed by atoms with Crippen molar-refractivity contribution in [3.05, 3.63) is 119 Å². The van der Waals surface area contributed by atoms with E-state index in [1.165, 1.54) is 4.90 Å². The largest absolute Gasteiger partial charge is 0.378 e. The molecule has 0 bridgehead atoms. The lowest BCUT2D eigenvalue weighted by atomic mass is 10.0. The fraction of sp³-hybridized carbons (Fsp3) is 0.206. The lowest BCUT2D eigenvalue weighted by molar-refractivity contribution is -0.139. The second-order valence-electron chi connectivity index (χ2n) is 10.7. The third kappa shape index (κ3) is 6.57. The number of nitrogens with one attached hydrogen (secondary N) is 1. The van der Waals surface area contributed by atoms with E-state index in [1.807, 2.05) is 24.3 Å². The van der Waals surface area contributed by atoms with Crippen LogP contribution in [-0.4, -0.2) is 66.2 Å². The van der Waals surface area contributed by atoms with Gasteiger partial charge >= 0.3 is 0 Å². The molecule has 6 rings (SSSR count). The predicted molar refractivity (Wildman–Crippen MR) is 170 cm³/mol. The summed E-state index contributed by atoms with van der Waals surface area (Å²) in [6.07, 6.45) is 3.23. The number of carbonyl (C=O) groups excluding carboxylic acids is 4. The van der Waals surface area contributed by atoms with Crippen LogP contribution in [0.15, 0.2) is 97.3 Å². The molecule has 2 aliphatic heterocycles. The molecule has 228 valence electrons. The average molecular weight is 624 g/mol. The number of anilines is 3. The summed E-state index contributed by atoms with van der Waals surface area (Å²) in [5.74, 6) is -2.46. The van der Waals surface area contributed by atoms with E-state index in [4.69, 9.17) is 16.3 Å². The highest BCUT2D eigenvalue weighted by Gasteiger charge is 2.39. The molecule has 0 radical (unpaired) electrons. The minimum Gasteiger partial charge on any atom is -0.378 e. The molecule has 2 aliphatic rings. The molecule has 0 saturated carbocycles. The van der Waals surface area contributed by atoms with E-state index in [2.05, 4.69) is 15.2 Å². The van der Waals surface area contributed by atoms with Crippen molar-refractivity contribution in [3.63, 3.8) is 0 Å². The molecule has 1 aromatic heterocycles. The molecule has 1 atom stereocenters. The topological polar surface area (TPSA) is 112 Å². The monoisotopic (exact) mass is 623 g/mol. The summed E-state index contributed by atoms with van der Waals surface area (Å²) in [6, 6.07) is 23.2. The van der Waals surface area contributed by atoms with Crippen molar-refractivity contribution in [1.82, 2.24) is 9.88 Å². The van der Waals surface area contributed by atoms with Gasteiger partial charge in [0.05, 0.1) is 24.5 Å². The number of fused-ring (bicyclic) bond motifs is 1. The lowest BCUT2D eigenvalue weighted by Crippen LogP contribution is -2.46. The van der Waals surface area contributed by atoms with Crippen LogP contribution in [0.5, 0.6) is 0 Å². The molecule has 4 aromatic rings. The summed E-state index contributed by atoms with van der Waals surface area (Å²) >= 11 is 6.19. The molecule has 3 amide bonds. The predicted octanol–water partition coefficient (Wildman–Crippen LogP) is 4.51. The number of para-hydroxylation sites is 1. The van der Waals surface area contributed by atoms with Gasteiger partial charge in [-0.2, -0.15) is 0 Å². The molecule has 1 N–H and O–H groups in total. The highest BCUT2D eigenvalue weighted by molar-refractivity contribution is 6.52. The van der Waals surface area contributed by atoms with Gasteiger partial charge in [-0.25, -0.2) is 0 Å². The Labute approximate surface area is 265 Å². The number of benzene rings is 3. The van der Waals surface area contributed by atoms with Gasteiger partial charge in [0.1, 0.15) is 12.6 Å². The maximum absolute atomic E-state index is 14.2. The summed E-state index contributed by atoms with van der Waals surface area (Å²) in [4.78, 5) is 62.9. The van der Waals surface area contributed by atoms with E-state index < -0.39 is 36.1 Å². The zero-order valence-corrected chi connectivity index (χ0v) is 25.0. The second kappa shape index (κ2) is 13.3. The Bertz CT molecular complexity index is 1710. The lowest BCUT2D eigenvalue weighted by Gasteiger charge is -2.33. The van der Waals surface area contributed by atoms with E-state index in [-0.39, 0.29) is 12.1 Å². The maximum Gasteiger partial charge on any atom is 0.299 e. The Hall–Kier alpha value is -5.06. The van der Waals surface area contributed by atoms with Gasteiger partial charge in [0.2, 0.25) is 5.91 Å². The molecule has 0 spiro atoms. The second-order valence-corrected chi connectivity index (χ2v) is 11.1. The minimum atomic E-state index is -1.11.